The Hall–Kier alpha value is -2.80. The first-order valence-corrected chi connectivity index (χ1v) is 9.42. The third-order valence-electron chi connectivity index (χ3n) is 4.17. The molecule has 1 amide bonds. The molecule has 3 aromatic rings. The molecule has 0 N–H and O–H groups in total. The Kier molecular flexibility index (Phi) is 5.81. The zero-order valence-electron chi connectivity index (χ0n) is 15.8. The van der Waals surface area contributed by atoms with Crippen molar-refractivity contribution in [3.05, 3.63) is 46.8 Å². The minimum absolute atomic E-state index is 0.299. The number of aryl methyl sites for hydroxylation is 1. The lowest BCUT2D eigenvalue weighted by Gasteiger charge is -2.09. The van der Waals surface area contributed by atoms with E-state index in [1.165, 1.54) is 11.3 Å². The van der Waals surface area contributed by atoms with E-state index in [2.05, 4.69) is 11.9 Å². The molecule has 0 spiro atoms. The first-order chi connectivity index (χ1) is 13.1. The van der Waals surface area contributed by atoms with Gasteiger partial charge in [-0.15, -0.1) is 0 Å². The molecule has 0 aliphatic rings. The van der Waals surface area contributed by atoms with Crippen LogP contribution in [0.2, 0.25) is 0 Å². The van der Waals surface area contributed by atoms with Crippen LogP contribution in [-0.2, 0) is 6.54 Å². The molecule has 7 heteroatoms. The van der Waals surface area contributed by atoms with Crippen LogP contribution in [0.1, 0.15) is 23.7 Å². The lowest BCUT2D eigenvalue weighted by atomic mass is 10.2. The predicted octanol–water partition coefficient (Wildman–Crippen LogP) is 3.88. The van der Waals surface area contributed by atoms with Gasteiger partial charge in [-0.25, -0.2) is 0 Å². The number of hydrogen-bond donors (Lipinski definition) is 0. The second kappa shape index (κ2) is 8.26. The van der Waals surface area contributed by atoms with Crippen LogP contribution in [0, 0.1) is 0 Å². The van der Waals surface area contributed by atoms with Crippen LogP contribution in [0.3, 0.4) is 0 Å². The van der Waals surface area contributed by atoms with Gasteiger partial charge in [-0.2, -0.15) is 4.99 Å². The number of hydrogen-bond acceptors (Lipinski definition) is 5. The second-order valence-electron chi connectivity index (χ2n) is 5.83. The van der Waals surface area contributed by atoms with E-state index < -0.39 is 0 Å². The molecule has 0 aliphatic carbocycles. The molecular weight excluding hydrogens is 364 g/mol. The standard InChI is InChI=1S/C20H22N2O4S/c1-5-12-22-17-15(25-3)10-11-16(26-4)18(17)27-20(22)21-19(23)13-6-8-14(24-2)9-7-13/h6-11H,5,12H2,1-4H3. The van der Waals surface area contributed by atoms with Crippen LogP contribution in [-0.4, -0.2) is 31.8 Å². The Balaban J connectivity index is 2.18. The molecule has 0 bridgehead atoms. The van der Waals surface area contributed by atoms with Gasteiger partial charge in [-0.05, 0) is 42.8 Å². The molecular formula is C20H22N2O4S. The highest BCUT2D eigenvalue weighted by atomic mass is 32.1. The fourth-order valence-electron chi connectivity index (χ4n) is 2.86. The Morgan fingerprint density at radius 3 is 2.26 bits per heavy atom. The molecule has 142 valence electrons. The highest BCUT2D eigenvalue weighted by Gasteiger charge is 2.16. The quantitative estimate of drug-likeness (QED) is 0.645. The number of thiazole rings is 1. The monoisotopic (exact) mass is 386 g/mol. The number of benzene rings is 2. The van der Waals surface area contributed by atoms with Crippen LogP contribution in [0.4, 0.5) is 0 Å². The molecule has 1 heterocycles. The van der Waals surface area contributed by atoms with Crippen molar-refractivity contribution in [2.75, 3.05) is 21.3 Å². The van der Waals surface area contributed by atoms with E-state index in [9.17, 15) is 4.79 Å². The van der Waals surface area contributed by atoms with E-state index in [4.69, 9.17) is 14.2 Å². The summed E-state index contributed by atoms with van der Waals surface area (Å²) in [6.07, 6.45) is 0.899. The largest absolute Gasteiger partial charge is 0.497 e. The van der Waals surface area contributed by atoms with E-state index >= 15 is 0 Å². The van der Waals surface area contributed by atoms with Crippen molar-refractivity contribution in [3.63, 3.8) is 0 Å². The summed E-state index contributed by atoms with van der Waals surface area (Å²) in [5.74, 6) is 1.86. The van der Waals surface area contributed by atoms with Crippen LogP contribution in [0.15, 0.2) is 41.4 Å². The zero-order valence-corrected chi connectivity index (χ0v) is 16.6. The Labute approximate surface area is 161 Å². The maximum absolute atomic E-state index is 12.7. The summed E-state index contributed by atoms with van der Waals surface area (Å²) in [7, 11) is 4.85. The molecule has 1 aromatic heterocycles. The van der Waals surface area contributed by atoms with Crippen molar-refractivity contribution in [1.82, 2.24) is 4.57 Å². The molecule has 0 aliphatic heterocycles. The van der Waals surface area contributed by atoms with Crippen LogP contribution in [0.5, 0.6) is 17.2 Å². The van der Waals surface area contributed by atoms with Crippen molar-refractivity contribution < 1.29 is 19.0 Å². The van der Waals surface area contributed by atoms with Gasteiger partial charge in [0.25, 0.3) is 5.91 Å². The number of amides is 1. The number of ether oxygens (including phenoxy) is 3. The molecule has 0 radical (unpaired) electrons. The first kappa shape index (κ1) is 19.0. The van der Waals surface area contributed by atoms with Gasteiger partial charge < -0.3 is 18.8 Å². The van der Waals surface area contributed by atoms with E-state index in [-0.39, 0.29) is 5.91 Å². The van der Waals surface area contributed by atoms with Crippen LogP contribution in [0.25, 0.3) is 10.2 Å². The van der Waals surface area contributed by atoms with Gasteiger partial charge in [0, 0.05) is 12.1 Å². The molecule has 0 fully saturated rings. The van der Waals surface area contributed by atoms with Crippen molar-refractivity contribution in [2.45, 2.75) is 19.9 Å². The summed E-state index contributed by atoms with van der Waals surface area (Å²) >= 11 is 1.42. The number of carbonyl (C=O) groups is 1. The molecule has 0 saturated heterocycles. The maximum Gasteiger partial charge on any atom is 0.279 e. The number of nitrogens with zero attached hydrogens (tertiary/aromatic N) is 2. The Bertz CT molecular complexity index is 1020. The predicted molar refractivity (Wildman–Crippen MR) is 106 cm³/mol. The number of methoxy groups -OCH3 is 3. The lowest BCUT2D eigenvalue weighted by Crippen LogP contribution is -2.17. The van der Waals surface area contributed by atoms with Crippen molar-refractivity contribution in [3.8, 4) is 17.2 Å². The lowest BCUT2D eigenvalue weighted by molar-refractivity contribution is 0.0997. The highest BCUT2D eigenvalue weighted by Crippen LogP contribution is 2.35. The summed E-state index contributed by atoms with van der Waals surface area (Å²) < 4.78 is 19.1. The molecule has 0 atom stereocenters. The SMILES string of the molecule is CCCn1c(=NC(=O)c2ccc(OC)cc2)sc2c(OC)ccc(OC)c21. The Morgan fingerprint density at radius 1 is 1.00 bits per heavy atom. The van der Waals surface area contributed by atoms with Gasteiger partial charge in [0.15, 0.2) is 4.80 Å². The summed E-state index contributed by atoms with van der Waals surface area (Å²) in [5.41, 5.74) is 1.40. The van der Waals surface area contributed by atoms with Gasteiger partial charge in [0.05, 0.1) is 21.3 Å². The van der Waals surface area contributed by atoms with Gasteiger partial charge in [0.1, 0.15) is 27.5 Å². The number of aromatic nitrogens is 1. The molecule has 0 unspecified atom stereocenters. The van der Waals surface area contributed by atoms with Gasteiger partial charge >= 0.3 is 0 Å². The van der Waals surface area contributed by atoms with Crippen molar-refractivity contribution in [2.24, 2.45) is 4.99 Å². The third kappa shape index (κ3) is 3.68. The summed E-state index contributed by atoms with van der Waals surface area (Å²) in [6, 6.07) is 10.7. The number of fused-ring (bicyclic) bond motifs is 1. The molecule has 27 heavy (non-hydrogen) atoms. The Morgan fingerprint density at radius 2 is 1.67 bits per heavy atom. The number of carbonyl (C=O) groups excluding carboxylic acids is 1. The topological polar surface area (TPSA) is 62.1 Å². The molecule has 3 rings (SSSR count). The second-order valence-corrected chi connectivity index (χ2v) is 6.81. The highest BCUT2D eigenvalue weighted by molar-refractivity contribution is 7.16. The first-order valence-electron chi connectivity index (χ1n) is 8.60. The molecule has 2 aromatic carbocycles. The summed E-state index contributed by atoms with van der Waals surface area (Å²) in [4.78, 5) is 17.7. The van der Waals surface area contributed by atoms with E-state index in [1.807, 2.05) is 16.7 Å². The average molecular weight is 386 g/mol. The van der Waals surface area contributed by atoms with Gasteiger partial charge in [0.2, 0.25) is 0 Å². The van der Waals surface area contributed by atoms with Crippen molar-refractivity contribution in [1.29, 1.82) is 0 Å². The normalized spacial score (nSPS) is 11.6. The molecule has 6 nitrogen and oxygen atoms in total. The average Bonchev–Trinajstić information content (AvgIpc) is 3.05. The zero-order chi connectivity index (χ0) is 19.4. The minimum Gasteiger partial charge on any atom is -0.497 e. The van der Waals surface area contributed by atoms with Gasteiger partial charge in [-0.1, -0.05) is 18.3 Å². The number of rotatable bonds is 6. The van der Waals surface area contributed by atoms with Crippen molar-refractivity contribution >= 4 is 27.5 Å². The van der Waals surface area contributed by atoms with E-state index in [0.29, 0.717) is 16.1 Å². The van der Waals surface area contributed by atoms with Crippen LogP contribution < -0.4 is 19.0 Å². The van der Waals surface area contributed by atoms with E-state index in [1.54, 1.807) is 45.6 Å². The fraction of sp³-hybridized carbons (Fsp3) is 0.300. The van der Waals surface area contributed by atoms with Crippen LogP contribution >= 0.6 is 11.3 Å². The fourth-order valence-corrected chi connectivity index (χ4v) is 4.02. The summed E-state index contributed by atoms with van der Waals surface area (Å²) in [5, 5.41) is 0. The van der Waals surface area contributed by atoms with E-state index in [0.717, 1.165) is 34.7 Å². The van der Waals surface area contributed by atoms with Gasteiger partial charge in [-0.3, -0.25) is 4.79 Å². The minimum atomic E-state index is -0.299. The summed E-state index contributed by atoms with van der Waals surface area (Å²) in [6.45, 7) is 2.80. The third-order valence-corrected chi connectivity index (χ3v) is 5.27. The smallest absolute Gasteiger partial charge is 0.279 e. The molecule has 0 saturated carbocycles. The maximum atomic E-state index is 12.7.